The molecule has 32 heavy (non-hydrogen) atoms. The van der Waals surface area contributed by atoms with Crippen LogP contribution in [0.3, 0.4) is 0 Å². The summed E-state index contributed by atoms with van der Waals surface area (Å²) in [6, 6.07) is 10.3. The van der Waals surface area contributed by atoms with Gasteiger partial charge in [0.25, 0.3) is 5.71 Å². The average Bonchev–Trinajstić information content (AvgIpc) is 3.33. The zero-order chi connectivity index (χ0) is 21.9. The Labute approximate surface area is 194 Å². The van der Waals surface area contributed by atoms with Crippen LogP contribution in [0.25, 0.3) is 22.7 Å². The van der Waals surface area contributed by atoms with E-state index in [1.807, 2.05) is 0 Å². The van der Waals surface area contributed by atoms with E-state index >= 15 is 0 Å². The van der Waals surface area contributed by atoms with E-state index in [0.29, 0.717) is 27.8 Å². The third-order valence-corrected chi connectivity index (χ3v) is 7.44. The van der Waals surface area contributed by atoms with E-state index in [1.54, 1.807) is 12.3 Å². The van der Waals surface area contributed by atoms with Crippen molar-refractivity contribution in [1.29, 1.82) is 0 Å². The number of anilines is 1. The van der Waals surface area contributed by atoms with Crippen LogP contribution in [0.5, 0.6) is 0 Å². The summed E-state index contributed by atoms with van der Waals surface area (Å²) in [6.45, 7) is 1.68. The van der Waals surface area contributed by atoms with E-state index in [0.717, 1.165) is 32.4 Å². The van der Waals surface area contributed by atoms with E-state index in [-0.39, 0.29) is 22.5 Å². The van der Waals surface area contributed by atoms with Crippen LogP contribution >= 0.6 is 23.2 Å². The van der Waals surface area contributed by atoms with Crippen molar-refractivity contribution in [2.45, 2.75) is 25.3 Å². The second kappa shape index (κ2) is 7.40. The van der Waals surface area contributed by atoms with Crippen LogP contribution < -0.4 is 10.6 Å². The number of hydrogen-bond acceptors (Lipinski definition) is 7. The van der Waals surface area contributed by atoms with Crippen molar-refractivity contribution in [3.8, 4) is 11.5 Å². The quantitative estimate of drug-likeness (QED) is 0.422. The number of fused-ring (bicyclic) bond motifs is 2. The maximum Gasteiger partial charge on any atom is 0.252 e. The molecule has 6 rings (SSSR count). The molecule has 1 spiro atoms. The lowest BCUT2D eigenvalue weighted by molar-refractivity contribution is 0.187. The van der Waals surface area contributed by atoms with Crippen molar-refractivity contribution < 1.29 is 4.42 Å². The minimum atomic E-state index is 0.0788. The largest absolute Gasteiger partial charge is 0.417 e. The Bertz CT molecular complexity index is 1310. The molecule has 0 amide bonds. The molecule has 0 saturated carbocycles. The van der Waals surface area contributed by atoms with E-state index in [4.69, 9.17) is 33.4 Å². The zero-order valence-corrected chi connectivity index (χ0v) is 18.6. The van der Waals surface area contributed by atoms with Crippen LogP contribution in [0, 0.1) is 5.41 Å². The Balaban J connectivity index is 1.25. The molecule has 1 atom stereocenters. The summed E-state index contributed by atoms with van der Waals surface area (Å²) in [5.74, 6) is 0.907. The van der Waals surface area contributed by atoms with Gasteiger partial charge in [-0.3, -0.25) is 0 Å². The molecule has 3 aromatic heterocycles. The van der Waals surface area contributed by atoms with Gasteiger partial charge < -0.3 is 15.1 Å². The molecule has 162 valence electrons. The first-order valence-corrected chi connectivity index (χ1v) is 11.3. The average molecular weight is 467 g/mol. The minimum absolute atomic E-state index is 0.0788. The van der Waals surface area contributed by atoms with Gasteiger partial charge in [0, 0.05) is 25.3 Å². The van der Waals surface area contributed by atoms with Gasteiger partial charge in [0.1, 0.15) is 10.7 Å². The third kappa shape index (κ3) is 3.07. The zero-order valence-electron chi connectivity index (χ0n) is 17.1. The topological polar surface area (TPSA) is 94.0 Å². The number of nitrogens with two attached hydrogens (primary N) is 1. The van der Waals surface area contributed by atoms with Gasteiger partial charge in [-0.25, -0.2) is 15.0 Å². The van der Waals surface area contributed by atoms with Crippen LogP contribution in [-0.4, -0.2) is 33.0 Å². The minimum Gasteiger partial charge on any atom is -0.417 e. The highest BCUT2D eigenvalue weighted by Gasteiger charge is 2.46. The Morgan fingerprint density at radius 1 is 1.06 bits per heavy atom. The number of aromatic nitrogens is 4. The Hall–Kier alpha value is -2.74. The number of piperidine rings is 1. The fourth-order valence-electron chi connectivity index (χ4n) is 5.05. The van der Waals surface area contributed by atoms with Gasteiger partial charge in [0.05, 0.1) is 16.8 Å². The number of pyridine rings is 1. The predicted molar refractivity (Wildman–Crippen MR) is 124 cm³/mol. The normalized spacial score (nSPS) is 19.6. The number of hydrogen-bond donors (Lipinski definition) is 1. The summed E-state index contributed by atoms with van der Waals surface area (Å²) < 4.78 is 5.88. The summed E-state index contributed by atoms with van der Waals surface area (Å²) in [6.07, 6.45) is 6.23. The van der Waals surface area contributed by atoms with Crippen molar-refractivity contribution >= 4 is 40.4 Å². The molecule has 4 heterocycles. The second-order valence-electron chi connectivity index (χ2n) is 8.54. The van der Waals surface area contributed by atoms with Crippen LogP contribution in [0.2, 0.25) is 10.2 Å². The van der Waals surface area contributed by atoms with Crippen LogP contribution in [0.4, 0.5) is 5.95 Å². The van der Waals surface area contributed by atoms with Gasteiger partial charge in [-0.05, 0) is 41.9 Å². The summed E-state index contributed by atoms with van der Waals surface area (Å²) in [5, 5.41) is 0.646. The van der Waals surface area contributed by atoms with Crippen molar-refractivity contribution in [3.63, 3.8) is 0 Å². The van der Waals surface area contributed by atoms with Gasteiger partial charge in [-0.2, -0.15) is 4.98 Å². The first-order chi connectivity index (χ1) is 15.5. The van der Waals surface area contributed by atoms with Gasteiger partial charge in [0.2, 0.25) is 11.8 Å². The standard InChI is InChI=1S/C23H20Cl2N6O/c24-15-5-8-27-19(25)17(15)21-29-16-12-28-22(30-20(16)32-21)31-9-6-23(7-10-31)11-13-3-1-2-4-14(13)18(23)26/h1-5,8,12,18H,6-7,9-11,26H2/t18-/m1/s1. The molecule has 9 heteroatoms. The second-order valence-corrected chi connectivity index (χ2v) is 9.31. The maximum absolute atomic E-state index is 6.70. The van der Waals surface area contributed by atoms with E-state index in [2.05, 4.69) is 49.1 Å². The Morgan fingerprint density at radius 3 is 2.66 bits per heavy atom. The van der Waals surface area contributed by atoms with Crippen LogP contribution in [-0.2, 0) is 6.42 Å². The first-order valence-electron chi connectivity index (χ1n) is 10.6. The van der Waals surface area contributed by atoms with Crippen molar-refractivity contribution in [3.05, 3.63) is 64.0 Å². The van der Waals surface area contributed by atoms with Gasteiger partial charge in [0.15, 0.2) is 0 Å². The molecule has 2 N–H and O–H groups in total. The third-order valence-electron chi connectivity index (χ3n) is 6.84. The SMILES string of the molecule is N[C@@H]1c2ccccc2CC12CCN(c1ncc3nc(-c4c(Cl)ccnc4Cl)oc3n1)CC2. The van der Waals surface area contributed by atoms with Crippen molar-refractivity contribution in [1.82, 2.24) is 19.9 Å². The molecular weight excluding hydrogens is 447 g/mol. The molecule has 0 unspecified atom stereocenters. The molecule has 4 aromatic rings. The van der Waals surface area contributed by atoms with Crippen molar-refractivity contribution in [2.75, 3.05) is 18.0 Å². The summed E-state index contributed by atoms with van der Waals surface area (Å²) in [5.41, 5.74) is 10.9. The summed E-state index contributed by atoms with van der Waals surface area (Å²) >= 11 is 12.5. The molecule has 0 radical (unpaired) electrons. The van der Waals surface area contributed by atoms with Crippen LogP contribution in [0.15, 0.2) is 47.1 Å². The first kappa shape index (κ1) is 19.9. The van der Waals surface area contributed by atoms with Gasteiger partial charge in [-0.15, -0.1) is 0 Å². The highest BCUT2D eigenvalue weighted by molar-refractivity contribution is 6.38. The van der Waals surface area contributed by atoms with Crippen LogP contribution in [0.1, 0.15) is 30.0 Å². The monoisotopic (exact) mass is 466 g/mol. The number of benzene rings is 1. The molecule has 1 saturated heterocycles. The van der Waals surface area contributed by atoms with E-state index < -0.39 is 0 Å². The number of rotatable bonds is 2. The molecular formula is C23H20Cl2N6O. The number of oxazole rings is 1. The fraction of sp³-hybridized carbons (Fsp3) is 0.304. The van der Waals surface area contributed by atoms with E-state index in [1.165, 1.54) is 17.3 Å². The Kier molecular flexibility index (Phi) is 4.61. The molecule has 1 aliphatic heterocycles. The maximum atomic E-state index is 6.70. The highest BCUT2D eigenvalue weighted by atomic mass is 35.5. The summed E-state index contributed by atoms with van der Waals surface area (Å²) in [4.78, 5) is 19.9. The fourth-order valence-corrected chi connectivity index (χ4v) is 5.56. The lowest BCUT2D eigenvalue weighted by Gasteiger charge is -2.42. The smallest absolute Gasteiger partial charge is 0.252 e. The predicted octanol–water partition coefficient (Wildman–Crippen LogP) is 4.83. The molecule has 0 bridgehead atoms. The molecule has 1 aliphatic carbocycles. The molecule has 1 fully saturated rings. The summed E-state index contributed by atoms with van der Waals surface area (Å²) in [7, 11) is 0. The van der Waals surface area contributed by atoms with E-state index in [9.17, 15) is 0 Å². The highest BCUT2D eigenvalue weighted by Crippen LogP contribution is 2.50. The number of halogens is 2. The molecule has 2 aliphatic rings. The van der Waals surface area contributed by atoms with Gasteiger partial charge >= 0.3 is 0 Å². The Morgan fingerprint density at radius 2 is 1.88 bits per heavy atom. The lowest BCUT2D eigenvalue weighted by atomic mass is 9.73. The number of nitrogens with zero attached hydrogens (tertiary/aromatic N) is 5. The molecule has 7 nitrogen and oxygen atoms in total. The molecule has 1 aromatic carbocycles. The van der Waals surface area contributed by atoms with Crippen molar-refractivity contribution in [2.24, 2.45) is 11.1 Å². The van der Waals surface area contributed by atoms with Gasteiger partial charge in [-0.1, -0.05) is 47.5 Å². The lowest BCUT2D eigenvalue weighted by Crippen LogP contribution is -2.44.